The summed E-state index contributed by atoms with van der Waals surface area (Å²) in [4.78, 5) is 0. The fourth-order valence-electron chi connectivity index (χ4n) is 2.04. The molecule has 0 amide bonds. The third-order valence-electron chi connectivity index (χ3n) is 2.96. The number of rotatable bonds is 5. The molecule has 0 spiro atoms. The normalized spacial score (nSPS) is 21.0. The summed E-state index contributed by atoms with van der Waals surface area (Å²) in [6, 6.07) is 0.572. The van der Waals surface area contributed by atoms with Crippen molar-refractivity contribution in [2.24, 2.45) is 0 Å². The van der Waals surface area contributed by atoms with Gasteiger partial charge in [-0.05, 0) is 45.0 Å². The van der Waals surface area contributed by atoms with E-state index >= 15 is 0 Å². The van der Waals surface area contributed by atoms with E-state index in [1.807, 2.05) is 13.2 Å². The Morgan fingerprint density at radius 1 is 1.67 bits per heavy atom. The molecule has 2 rings (SSSR count). The molecule has 1 aliphatic heterocycles. The zero-order valence-electron chi connectivity index (χ0n) is 9.37. The highest BCUT2D eigenvalue weighted by atomic mass is 15.3. The quantitative estimate of drug-likeness (QED) is 0.695. The minimum atomic E-state index is 0.572. The van der Waals surface area contributed by atoms with Crippen molar-refractivity contribution in [1.82, 2.24) is 20.4 Å². The highest BCUT2D eigenvalue weighted by molar-refractivity contribution is 5.05. The van der Waals surface area contributed by atoms with Crippen molar-refractivity contribution in [1.29, 1.82) is 0 Å². The SMILES string of the molecule is CNCCCc1cnn(C2CCNC2)c1. The fraction of sp³-hybridized carbons (Fsp3) is 0.727. The predicted molar refractivity (Wildman–Crippen MR) is 61.0 cm³/mol. The zero-order valence-corrected chi connectivity index (χ0v) is 9.37. The molecule has 0 aliphatic carbocycles. The van der Waals surface area contributed by atoms with Crippen LogP contribution in [-0.4, -0.2) is 36.5 Å². The summed E-state index contributed by atoms with van der Waals surface area (Å²) in [5, 5.41) is 11.0. The van der Waals surface area contributed by atoms with Crippen molar-refractivity contribution in [3.63, 3.8) is 0 Å². The lowest BCUT2D eigenvalue weighted by molar-refractivity contribution is 0.490. The second kappa shape index (κ2) is 5.28. The van der Waals surface area contributed by atoms with Crippen molar-refractivity contribution >= 4 is 0 Å². The first-order chi connectivity index (χ1) is 7.40. The van der Waals surface area contributed by atoms with Gasteiger partial charge in [-0.1, -0.05) is 0 Å². The molecule has 1 aliphatic rings. The van der Waals surface area contributed by atoms with Crippen LogP contribution in [-0.2, 0) is 6.42 Å². The van der Waals surface area contributed by atoms with E-state index in [0.29, 0.717) is 6.04 Å². The molecule has 1 fully saturated rings. The summed E-state index contributed by atoms with van der Waals surface area (Å²) >= 11 is 0. The van der Waals surface area contributed by atoms with Gasteiger partial charge in [-0.2, -0.15) is 5.10 Å². The Balaban J connectivity index is 1.86. The van der Waals surface area contributed by atoms with Crippen LogP contribution in [0.2, 0.25) is 0 Å². The van der Waals surface area contributed by atoms with E-state index < -0.39 is 0 Å². The summed E-state index contributed by atoms with van der Waals surface area (Å²) in [5.41, 5.74) is 1.36. The van der Waals surface area contributed by atoms with Crippen LogP contribution in [0.15, 0.2) is 12.4 Å². The number of hydrogen-bond donors (Lipinski definition) is 2. The topological polar surface area (TPSA) is 41.9 Å². The van der Waals surface area contributed by atoms with E-state index in [9.17, 15) is 0 Å². The van der Waals surface area contributed by atoms with Gasteiger partial charge in [-0.3, -0.25) is 4.68 Å². The highest BCUT2D eigenvalue weighted by Gasteiger charge is 2.16. The van der Waals surface area contributed by atoms with Gasteiger partial charge in [0, 0.05) is 12.7 Å². The maximum Gasteiger partial charge on any atom is 0.0655 e. The Kier molecular flexibility index (Phi) is 3.75. The zero-order chi connectivity index (χ0) is 10.5. The van der Waals surface area contributed by atoms with Crippen molar-refractivity contribution in [3.8, 4) is 0 Å². The average molecular weight is 208 g/mol. The lowest BCUT2D eigenvalue weighted by Crippen LogP contribution is -2.13. The molecule has 0 aromatic carbocycles. The first kappa shape index (κ1) is 10.6. The second-order valence-corrected chi connectivity index (χ2v) is 4.18. The van der Waals surface area contributed by atoms with Gasteiger partial charge < -0.3 is 10.6 Å². The summed E-state index contributed by atoms with van der Waals surface area (Å²) < 4.78 is 2.12. The minimum Gasteiger partial charge on any atom is -0.320 e. The van der Waals surface area contributed by atoms with Crippen LogP contribution in [0.4, 0.5) is 0 Å². The lowest BCUT2D eigenvalue weighted by Gasteiger charge is -2.07. The van der Waals surface area contributed by atoms with Gasteiger partial charge in [0.15, 0.2) is 0 Å². The molecular weight excluding hydrogens is 188 g/mol. The van der Waals surface area contributed by atoms with E-state index in [1.165, 1.54) is 18.4 Å². The molecular formula is C11H20N4. The molecule has 4 nitrogen and oxygen atoms in total. The second-order valence-electron chi connectivity index (χ2n) is 4.18. The van der Waals surface area contributed by atoms with Gasteiger partial charge in [-0.15, -0.1) is 0 Å². The van der Waals surface area contributed by atoms with Crippen molar-refractivity contribution < 1.29 is 0 Å². The Morgan fingerprint density at radius 2 is 2.60 bits per heavy atom. The fourth-order valence-corrected chi connectivity index (χ4v) is 2.04. The third kappa shape index (κ3) is 2.79. The Morgan fingerprint density at radius 3 is 3.33 bits per heavy atom. The van der Waals surface area contributed by atoms with Crippen molar-refractivity contribution in [2.45, 2.75) is 25.3 Å². The molecule has 2 N–H and O–H groups in total. The molecule has 0 bridgehead atoms. The highest BCUT2D eigenvalue weighted by Crippen LogP contribution is 2.14. The van der Waals surface area contributed by atoms with Gasteiger partial charge in [0.1, 0.15) is 0 Å². The Hall–Kier alpha value is -0.870. The first-order valence-electron chi connectivity index (χ1n) is 5.78. The van der Waals surface area contributed by atoms with Gasteiger partial charge in [0.25, 0.3) is 0 Å². The molecule has 1 saturated heterocycles. The van der Waals surface area contributed by atoms with Crippen LogP contribution >= 0.6 is 0 Å². The molecule has 1 unspecified atom stereocenters. The van der Waals surface area contributed by atoms with Crippen molar-refractivity contribution in [3.05, 3.63) is 18.0 Å². The van der Waals surface area contributed by atoms with E-state index in [-0.39, 0.29) is 0 Å². The molecule has 1 aromatic rings. The Labute approximate surface area is 91.1 Å². The van der Waals surface area contributed by atoms with Crippen LogP contribution in [0.1, 0.15) is 24.4 Å². The average Bonchev–Trinajstić information content (AvgIpc) is 2.87. The molecule has 0 saturated carbocycles. The molecule has 84 valence electrons. The number of nitrogens with one attached hydrogen (secondary N) is 2. The van der Waals surface area contributed by atoms with Gasteiger partial charge in [-0.25, -0.2) is 0 Å². The van der Waals surface area contributed by atoms with E-state index in [1.54, 1.807) is 0 Å². The molecule has 15 heavy (non-hydrogen) atoms. The summed E-state index contributed by atoms with van der Waals surface area (Å²) in [6.45, 7) is 3.27. The number of hydrogen-bond acceptors (Lipinski definition) is 3. The third-order valence-corrected chi connectivity index (χ3v) is 2.96. The maximum absolute atomic E-state index is 4.43. The van der Waals surface area contributed by atoms with Crippen LogP contribution in [0.25, 0.3) is 0 Å². The first-order valence-corrected chi connectivity index (χ1v) is 5.78. The van der Waals surface area contributed by atoms with Crippen LogP contribution in [0.5, 0.6) is 0 Å². The van der Waals surface area contributed by atoms with Gasteiger partial charge >= 0.3 is 0 Å². The monoisotopic (exact) mass is 208 g/mol. The molecule has 1 aromatic heterocycles. The maximum atomic E-state index is 4.43. The van der Waals surface area contributed by atoms with Gasteiger partial charge in [0.05, 0.1) is 12.2 Å². The number of aromatic nitrogens is 2. The number of nitrogens with zero attached hydrogens (tertiary/aromatic N) is 2. The van der Waals surface area contributed by atoms with Crippen molar-refractivity contribution in [2.75, 3.05) is 26.7 Å². The summed E-state index contributed by atoms with van der Waals surface area (Å²) in [7, 11) is 1.99. The molecule has 2 heterocycles. The van der Waals surface area contributed by atoms with E-state index in [2.05, 4.69) is 26.6 Å². The molecule has 0 radical (unpaired) electrons. The minimum absolute atomic E-state index is 0.572. The van der Waals surface area contributed by atoms with E-state index in [4.69, 9.17) is 0 Å². The van der Waals surface area contributed by atoms with Crippen LogP contribution in [0, 0.1) is 0 Å². The lowest BCUT2D eigenvalue weighted by atomic mass is 10.2. The smallest absolute Gasteiger partial charge is 0.0655 e. The van der Waals surface area contributed by atoms with Crippen LogP contribution < -0.4 is 10.6 Å². The molecule has 1 atom stereocenters. The van der Waals surface area contributed by atoms with Gasteiger partial charge in [0.2, 0.25) is 0 Å². The number of aryl methyl sites for hydroxylation is 1. The standard InChI is InChI=1S/C11H20N4/c1-12-5-2-3-10-7-14-15(9-10)11-4-6-13-8-11/h7,9,11-13H,2-6,8H2,1H3. The van der Waals surface area contributed by atoms with Crippen LogP contribution in [0.3, 0.4) is 0 Å². The van der Waals surface area contributed by atoms with E-state index in [0.717, 1.165) is 26.1 Å². The molecule has 4 heteroatoms. The predicted octanol–water partition coefficient (Wildman–Crippen LogP) is 0.569. The Bertz CT molecular complexity index is 289. The largest absolute Gasteiger partial charge is 0.320 e. The summed E-state index contributed by atoms with van der Waals surface area (Å²) in [5.74, 6) is 0. The summed E-state index contributed by atoms with van der Waals surface area (Å²) in [6.07, 6.45) is 7.73.